The number of fused-ring (bicyclic) bond motifs is 1. The van der Waals surface area contributed by atoms with Gasteiger partial charge in [0, 0.05) is 38.6 Å². The number of pyridine rings is 1. The average Bonchev–Trinajstić information content (AvgIpc) is 2.96. The molecule has 12 nitrogen and oxygen atoms in total. The first-order chi connectivity index (χ1) is 20.5. The van der Waals surface area contributed by atoms with Gasteiger partial charge < -0.3 is 33.2 Å². The summed E-state index contributed by atoms with van der Waals surface area (Å²) in [5.41, 5.74) is 2.96. The van der Waals surface area contributed by atoms with Crippen LogP contribution in [0, 0.1) is 0 Å². The van der Waals surface area contributed by atoms with Crippen LogP contribution in [-0.2, 0) is 54.2 Å². The molecular formula is C31H33NO11. The fraction of sp³-hybridized carbons (Fsp3) is 0.387. The molecule has 2 aromatic carbocycles. The highest BCUT2D eigenvalue weighted by molar-refractivity contribution is 5.86. The second kappa shape index (κ2) is 14.1. The third-order valence-corrected chi connectivity index (χ3v) is 6.52. The fourth-order valence-corrected chi connectivity index (χ4v) is 4.77. The maximum absolute atomic E-state index is 12.2. The molecule has 4 rings (SSSR count). The standard InChI is InChI=1S/C31H33NO11/c1-17(33)38-16-27-28(40-18(2)34)29(41-19(3)35)30(42-20(4)36)31(43-27)39-15-22-13-26(21-9-7-6-8-10-21)32-25-12-11-23(37-5)14-24(22)25/h6-14,27-31H,15-16H2,1-5H3/t27-,28-,29+,30-,31-/m1/s1. The Morgan fingerprint density at radius 1 is 0.791 bits per heavy atom. The van der Waals surface area contributed by atoms with Gasteiger partial charge in [0.2, 0.25) is 0 Å². The Labute approximate surface area is 248 Å². The van der Waals surface area contributed by atoms with Crippen molar-refractivity contribution in [2.75, 3.05) is 13.7 Å². The van der Waals surface area contributed by atoms with E-state index in [1.165, 1.54) is 13.8 Å². The molecule has 0 spiro atoms. The van der Waals surface area contributed by atoms with Crippen molar-refractivity contribution in [1.29, 1.82) is 0 Å². The van der Waals surface area contributed by atoms with Gasteiger partial charge in [-0.1, -0.05) is 30.3 Å². The lowest BCUT2D eigenvalue weighted by Crippen LogP contribution is -2.62. The fourth-order valence-electron chi connectivity index (χ4n) is 4.77. The summed E-state index contributed by atoms with van der Waals surface area (Å²) in [5.74, 6) is -2.17. The molecule has 43 heavy (non-hydrogen) atoms. The highest BCUT2D eigenvalue weighted by Crippen LogP contribution is 2.32. The number of benzene rings is 2. The van der Waals surface area contributed by atoms with E-state index in [-0.39, 0.29) is 13.2 Å². The molecule has 0 unspecified atom stereocenters. The van der Waals surface area contributed by atoms with E-state index >= 15 is 0 Å². The van der Waals surface area contributed by atoms with Crippen molar-refractivity contribution in [3.05, 3.63) is 60.2 Å². The lowest BCUT2D eigenvalue weighted by molar-refractivity contribution is -0.310. The van der Waals surface area contributed by atoms with Crippen LogP contribution in [-0.4, -0.2) is 73.3 Å². The number of esters is 4. The van der Waals surface area contributed by atoms with Crippen molar-refractivity contribution < 1.29 is 52.3 Å². The minimum Gasteiger partial charge on any atom is -0.497 e. The second-order valence-corrected chi connectivity index (χ2v) is 9.79. The van der Waals surface area contributed by atoms with E-state index in [9.17, 15) is 19.2 Å². The molecule has 0 radical (unpaired) electrons. The number of hydrogen-bond donors (Lipinski definition) is 0. The number of nitrogens with zero attached hydrogens (tertiary/aromatic N) is 1. The van der Waals surface area contributed by atoms with Gasteiger partial charge in [-0.15, -0.1) is 0 Å². The normalized spacial score (nSPS) is 21.5. The van der Waals surface area contributed by atoms with Crippen LogP contribution in [0.5, 0.6) is 5.75 Å². The molecule has 5 atom stereocenters. The van der Waals surface area contributed by atoms with Gasteiger partial charge in [-0.25, -0.2) is 4.98 Å². The Morgan fingerprint density at radius 2 is 1.44 bits per heavy atom. The summed E-state index contributed by atoms with van der Waals surface area (Å²) in [6.45, 7) is 4.26. The van der Waals surface area contributed by atoms with Crippen molar-refractivity contribution in [1.82, 2.24) is 4.98 Å². The van der Waals surface area contributed by atoms with Crippen LogP contribution in [0.3, 0.4) is 0 Å². The number of carbonyl (C=O) groups is 4. The molecule has 0 aliphatic carbocycles. The average molecular weight is 596 g/mol. The molecule has 1 aromatic heterocycles. The van der Waals surface area contributed by atoms with Crippen LogP contribution in [0.2, 0.25) is 0 Å². The first-order valence-corrected chi connectivity index (χ1v) is 13.5. The minimum absolute atomic E-state index is 0.0697. The van der Waals surface area contributed by atoms with E-state index in [0.717, 1.165) is 24.8 Å². The molecule has 1 fully saturated rings. The number of hydrogen-bond acceptors (Lipinski definition) is 12. The van der Waals surface area contributed by atoms with Crippen molar-refractivity contribution in [3.63, 3.8) is 0 Å². The summed E-state index contributed by atoms with van der Waals surface area (Å²) in [7, 11) is 1.56. The molecule has 1 aliphatic rings. The Hall–Kier alpha value is -4.55. The summed E-state index contributed by atoms with van der Waals surface area (Å²) in [6.07, 6.45) is -6.40. The molecule has 3 aromatic rings. The number of carbonyl (C=O) groups excluding carboxylic acids is 4. The first-order valence-electron chi connectivity index (χ1n) is 13.5. The topological polar surface area (TPSA) is 146 Å². The molecule has 0 saturated carbocycles. The third-order valence-electron chi connectivity index (χ3n) is 6.52. The lowest BCUT2D eigenvalue weighted by Gasteiger charge is -2.44. The van der Waals surface area contributed by atoms with Gasteiger partial charge in [-0.2, -0.15) is 0 Å². The van der Waals surface area contributed by atoms with Gasteiger partial charge in [-0.05, 0) is 29.8 Å². The lowest BCUT2D eigenvalue weighted by atomic mass is 9.98. The van der Waals surface area contributed by atoms with Crippen LogP contribution in [0.1, 0.15) is 33.3 Å². The van der Waals surface area contributed by atoms with Gasteiger partial charge in [0.05, 0.1) is 24.9 Å². The summed E-state index contributed by atoms with van der Waals surface area (Å²) < 4.78 is 39.3. The van der Waals surface area contributed by atoms with Gasteiger partial charge in [0.1, 0.15) is 18.5 Å². The van der Waals surface area contributed by atoms with Crippen molar-refractivity contribution in [2.45, 2.75) is 65.0 Å². The molecular weight excluding hydrogens is 562 g/mol. The van der Waals surface area contributed by atoms with E-state index in [1.54, 1.807) is 13.2 Å². The van der Waals surface area contributed by atoms with E-state index in [2.05, 4.69) is 0 Å². The number of methoxy groups -OCH3 is 1. The van der Waals surface area contributed by atoms with Crippen molar-refractivity contribution in [2.24, 2.45) is 0 Å². The predicted octanol–water partition coefficient (Wildman–Crippen LogP) is 3.51. The molecule has 1 aliphatic heterocycles. The van der Waals surface area contributed by atoms with Crippen molar-refractivity contribution in [3.8, 4) is 17.0 Å². The van der Waals surface area contributed by atoms with Crippen LogP contribution in [0.15, 0.2) is 54.6 Å². The zero-order chi connectivity index (χ0) is 31.1. The van der Waals surface area contributed by atoms with E-state index in [1.807, 2.05) is 48.5 Å². The van der Waals surface area contributed by atoms with E-state index < -0.39 is 54.6 Å². The first kappa shape index (κ1) is 31.4. The van der Waals surface area contributed by atoms with Gasteiger partial charge in [0.25, 0.3) is 0 Å². The molecule has 228 valence electrons. The molecule has 0 N–H and O–H groups in total. The smallest absolute Gasteiger partial charge is 0.303 e. The molecule has 0 amide bonds. The zero-order valence-corrected chi connectivity index (χ0v) is 24.4. The minimum atomic E-state index is -1.34. The SMILES string of the molecule is COc1ccc2nc(-c3ccccc3)cc(CO[C@@H]3O[C@H](COC(C)=O)[C@@H](OC(C)=O)[C@H](OC(C)=O)[C@H]3OC(C)=O)c2c1. The van der Waals surface area contributed by atoms with E-state index in [0.29, 0.717) is 22.5 Å². The van der Waals surface area contributed by atoms with Crippen LogP contribution >= 0.6 is 0 Å². The highest BCUT2D eigenvalue weighted by Gasteiger charge is 2.52. The maximum Gasteiger partial charge on any atom is 0.303 e. The largest absolute Gasteiger partial charge is 0.497 e. The highest BCUT2D eigenvalue weighted by atomic mass is 16.7. The maximum atomic E-state index is 12.2. The number of aromatic nitrogens is 1. The quantitative estimate of drug-likeness (QED) is 0.250. The molecule has 12 heteroatoms. The molecule has 0 bridgehead atoms. The Kier molecular flexibility index (Phi) is 10.3. The zero-order valence-electron chi connectivity index (χ0n) is 24.4. The third kappa shape index (κ3) is 8.05. The predicted molar refractivity (Wildman–Crippen MR) is 150 cm³/mol. The van der Waals surface area contributed by atoms with Gasteiger partial charge >= 0.3 is 23.9 Å². The summed E-state index contributed by atoms with van der Waals surface area (Å²) in [5, 5.41) is 0.740. The summed E-state index contributed by atoms with van der Waals surface area (Å²) in [4.78, 5) is 52.7. The van der Waals surface area contributed by atoms with Crippen LogP contribution < -0.4 is 4.74 Å². The van der Waals surface area contributed by atoms with Gasteiger partial charge in [0.15, 0.2) is 24.6 Å². The second-order valence-electron chi connectivity index (χ2n) is 9.79. The number of ether oxygens (including phenoxy) is 7. The van der Waals surface area contributed by atoms with Crippen molar-refractivity contribution >= 4 is 34.8 Å². The Bertz CT molecular complexity index is 1480. The number of rotatable bonds is 10. The van der Waals surface area contributed by atoms with Gasteiger partial charge in [-0.3, -0.25) is 19.2 Å². The van der Waals surface area contributed by atoms with E-state index in [4.69, 9.17) is 38.1 Å². The summed E-state index contributed by atoms with van der Waals surface area (Å²) in [6, 6.07) is 16.9. The Morgan fingerprint density at radius 3 is 2.07 bits per heavy atom. The van der Waals surface area contributed by atoms with Crippen LogP contribution in [0.25, 0.3) is 22.2 Å². The molecule has 2 heterocycles. The Balaban J connectivity index is 1.74. The monoisotopic (exact) mass is 595 g/mol. The summed E-state index contributed by atoms with van der Waals surface area (Å²) >= 11 is 0. The van der Waals surface area contributed by atoms with Crippen LogP contribution in [0.4, 0.5) is 0 Å². The molecule has 1 saturated heterocycles.